The lowest BCUT2D eigenvalue weighted by Crippen LogP contribution is -2.13. The van der Waals surface area contributed by atoms with E-state index < -0.39 is 0 Å². The van der Waals surface area contributed by atoms with Crippen molar-refractivity contribution >= 4 is 67.6 Å². The van der Waals surface area contributed by atoms with Crippen LogP contribution in [0.1, 0.15) is 16.7 Å². The van der Waals surface area contributed by atoms with Crippen LogP contribution in [-0.2, 0) is 0 Å². The Balaban J connectivity index is 1.10. The molecule has 0 atom stereocenters. The normalized spacial score (nSPS) is 12.3. The number of hydrogen-bond donors (Lipinski definition) is 0. The van der Waals surface area contributed by atoms with Crippen LogP contribution in [0.2, 0.25) is 0 Å². The van der Waals surface area contributed by atoms with E-state index in [9.17, 15) is 0 Å². The van der Waals surface area contributed by atoms with E-state index in [2.05, 4.69) is 275 Å². The van der Waals surface area contributed by atoms with Gasteiger partial charge in [-0.3, -0.25) is 0 Å². The Bertz CT molecular complexity index is 3480. The molecule has 1 aromatic heterocycles. The average Bonchev–Trinajstić information content (AvgIpc) is 3.87. The summed E-state index contributed by atoms with van der Waals surface area (Å²) >= 11 is 0. The molecular formula is C62H43N3. The number of rotatable bonds is 9. The van der Waals surface area contributed by atoms with Gasteiger partial charge in [-0.2, -0.15) is 0 Å². The lowest BCUT2D eigenvalue weighted by Gasteiger charge is -2.30. The summed E-state index contributed by atoms with van der Waals surface area (Å²) in [5.41, 5.74) is 19.6. The van der Waals surface area contributed by atoms with Crippen LogP contribution in [-0.4, -0.2) is 4.57 Å². The standard InChI is InChI=1S/C62H43N3/c1-6-20-44(21-7-1)38-58-55-31-17-16-30-54(55)56-36-35-51(43-59(56)58)64(49-26-12-4-13-27-49)53-40-46(39-52(42-53)63(47-22-8-2-9-23-47)48-24-10-3-11-25-48)45-34-37-62-60(41-45)57-32-18-19-33-61(57)65(62)50-28-14-5-15-29-50/h1-43H/b58-38+. The summed E-state index contributed by atoms with van der Waals surface area (Å²) in [6.07, 6.45) is 2.34. The third-order valence-electron chi connectivity index (χ3n) is 12.7. The summed E-state index contributed by atoms with van der Waals surface area (Å²) in [6, 6.07) is 92.1. The van der Waals surface area contributed by atoms with Crippen molar-refractivity contribution in [1.29, 1.82) is 0 Å². The van der Waals surface area contributed by atoms with Crippen LogP contribution in [0.4, 0.5) is 34.1 Å². The van der Waals surface area contributed by atoms with Gasteiger partial charge in [-0.05, 0) is 148 Å². The molecule has 0 fully saturated rings. The van der Waals surface area contributed by atoms with E-state index in [-0.39, 0.29) is 0 Å². The molecule has 0 saturated carbocycles. The smallest absolute Gasteiger partial charge is 0.0541 e. The van der Waals surface area contributed by atoms with Gasteiger partial charge in [0.05, 0.1) is 11.0 Å². The van der Waals surface area contributed by atoms with Crippen molar-refractivity contribution in [2.75, 3.05) is 9.80 Å². The van der Waals surface area contributed by atoms with Gasteiger partial charge in [0.1, 0.15) is 0 Å². The quantitative estimate of drug-likeness (QED) is 0.144. The molecule has 0 radical (unpaired) electrons. The first-order chi connectivity index (χ1) is 32.2. The predicted molar refractivity (Wildman–Crippen MR) is 274 cm³/mol. The Labute approximate surface area is 379 Å². The first-order valence-corrected chi connectivity index (χ1v) is 22.3. The molecule has 10 aromatic carbocycles. The molecule has 0 spiro atoms. The van der Waals surface area contributed by atoms with Crippen molar-refractivity contribution in [3.8, 4) is 27.9 Å². The Morgan fingerprint density at radius 1 is 0.292 bits per heavy atom. The number of benzene rings is 10. The second-order valence-corrected chi connectivity index (χ2v) is 16.6. The Morgan fingerprint density at radius 3 is 1.45 bits per heavy atom. The van der Waals surface area contributed by atoms with Gasteiger partial charge in [-0.15, -0.1) is 0 Å². The van der Waals surface area contributed by atoms with Crippen molar-refractivity contribution in [2.45, 2.75) is 0 Å². The second kappa shape index (κ2) is 16.2. The first kappa shape index (κ1) is 38.0. The topological polar surface area (TPSA) is 11.4 Å². The third-order valence-corrected chi connectivity index (χ3v) is 12.7. The SMILES string of the molecule is C(=C1/c2ccccc2-c2ccc(N(c3ccccc3)c3cc(-c4ccc5c(c4)c4ccccc4n5-c4ccccc4)cc(N(c4ccccc4)c4ccccc4)c3)cc21)/c1ccccc1. The van der Waals surface area contributed by atoms with E-state index in [1.807, 2.05) is 0 Å². The molecule has 11 aromatic rings. The summed E-state index contributed by atoms with van der Waals surface area (Å²) < 4.78 is 2.38. The van der Waals surface area contributed by atoms with Gasteiger partial charge in [0, 0.05) is 50.6 Å². The van der Waals surface area contributed by atoms with Crippen LogP contribution in [0.25, 0.3) is 61.4 Å². The fourth-order valence-corrected chi connectivity index (χ4v) is 9.75. The monoisotopic (exact) mass is 829 g/mol. The van der Waals surface area contributed by atoms with Crippen LogP contribution in [0.5, 0.6) is 0 Å². The molecule has 12 rings (SSSR count). The summed E-state index contributed by atoms with van der Waals surface area (Å²) in [4.78, 5) is 4.79. The largest absolute Gasteiger partial charge is 0.310 e. The van der Waals surface area contributed by atoms with Gasteiger partial charge in [0.25, 0.3) is 0 Å². The molecule has 0 aliphatic heterocycles. The first-order valence-electron chi connectivity index (χ1n) is 22.3. The van der Waals surface area contributed by atoms with Crippen molar-refractivity contribution in [2.24, 2.45) is 0 Å². The molecule has 306 valence electrons. The highest BCUT2D eigenvalue weighted by Crippen LogP contribution is 2.49. The van der Waals surface area contributed by atoms with Gasteiger partial charge < -0.3 is 14.4 Å². The zero-order chi connectivity index (χ0) is 43.1. The summed E-state index contributed by atoms with van der Waals surface area (Å²) in [6.45, 7) is 0. The highest BCUT2D eigenvalue weighted by Gasteiger charge is 2.26. The molecule has 0 saturated heterocycles. The minimum Gasteiger partial charge on any atom is -0.310 e. The number of nitrogens with zero attached hydrogens (tertiary/aromatic N) is 3. The van der Waals surface area contributed by atoms with E-state index in [4.69, 9.17) is 0 Å². The number of para-hydroxylation sites is 5. The van der Waals surface area contributed by atoms with Crippen molar-refractivity contribution < 1.29 is 0 Å². The van der Waals surface area contributed by atoms with Crippen LogP contribution >= 0.6 is 0 Å². The minimum absolute atomic E-state index is 1.05. The van der Waals surface area contributed by atoms with Gasteiger partial charge in [-0.25, -0.2) is 0 Å². The fraction of sp³-hybridized carbons (Fsp3) is 0. The van der Waals surface area contributed by atoms with Gasteiger partial charge >= 0.3 is 0 Å². The zero-order valence-electron chi connectivity index (χ0n) is 35.7. The van der Waals surface area contributed by atoms with E-state index in [1.54, 1.807) is 0 Å². The van der Waals surface area contributed by atoms with Crippen LogP contribution < -0.4 is 9.80 Å². The summed E-state index contributed by atoms with van der Waals surface area (Å²) in [5.74, 6) is 0. The van der Waals surface area contributed by atoms with E-state index in [0.717, 1.165) is 50.9 Å². The highest BCUT2D eigenvalue weighted by atomic mass is 15.2. The van der Waals surface area contributed by atoms with Crippen LogP contribution in [0, 0.1) is 0 Å². The maximum absolute atomic E-state index is 2.42. The molecule has 0 amide bonds. The summed E-state index contributed by atoms with van der Waals surface area (Å²) in [7, 11) is 0. The Hall–Kier alpha value is -8.66. The van der Waals surface area contributed by atoms with Gasteiger partial charge in [0.15, 0.2) is 0 Å². The van der Waals surface area contributed by atoms with E-state index >= 15 is 0 Å². The maximum Gasteiger partial charge on any atom is 0.0541 e. The average molecular weight is 830 g/mol. The Morgan fingerprint density at radius 2 is 0.800 bits per heavy atom. The molecule has 0 N–H and O–H groups in total. The lowest BCUT2D eigenvalue weighted by molar-refractivity contribution is 1.18. The minimum atomic E-state index is 1.05. The molecule has 3 heteroatoms. The van der Waals surface area contributed by atoms with Gasteiger partial charge in [0.2, 0.25) is 0 Å². The maximum atomic E-state index is 2.42. The molecule has 0 bridgehead atoms. The number of anilines is 6. The Kier molecular flexibility index (Phi) is 9.50. The molecule has 0 unspecified atom stereocenters. The summed E-state index contributed by atoms with van der Waals surface area (Å²) in [5, 5.41) is 2.44. The third kappa shape index (κ3) is 6.87. The highest BCUT2D eigenvalue weighted by molar-refractivity contribution is 6.11. The zero-order valence-corrected chi connectivity index (χ0v) is 35.7. The van der Waals surface area contributed by atoms with Crippen molar-refractivity contribution in [3.05, 3.63) is 271 Å². The van der Waals surface area contributed by atoms with E-state index in [1.165, 1.54) is 55.2 Å². The molecule has 65 heavy (non-hydrogen) atoms. The predicted octanol–water partition coefficient (Wildman–Crippen LogP) is 17.0. The molecular weight excluding hydrogens is 787 g/mol. The fourth-order valence-electron chi connectivity index (χ4n) is 9.75. The van der Waals surface area contributed by atoms with E-state index in [0.29, 0.717) is 0 Å². The molecule has 3 nitrogen and oxygen atoms in total. The number of fused-ring (bicyclic) bond motifs is 6. The van der Waals surface area contributed by atoms with Crippen LogP contribution in [0.3, 0.4) is 0 Å². The molecule has 1 aliphatic rings. The number of aromatic nitrogens is 1. The molecule has 1 aliphatic carbocycles. The molecule has 1 heterocycles. The number of hydrogen-bond acceptors (Lipinski definition) is 2. The van der Waals surface area contributed by atoms with Crippen molar-refractivity contribution in [3.63, 3.8) is 0 Å². The van der Waals surface area contributed by atoms with Crippen molar-refractivity contribution in [1.82, 2.24) is 4.57 Å². The second-order valence-electron chi connectivity index (χ2n) is 16.6. The van der Waals surface area contributed by atoms with Gasteiger partial charge in [-0.1, -0.05) is 158 Å². The lowest BCUT2D eigenvalue weighted by atomic mass is 9.99. The van der Waals surface area contributed by atoms with Crippen LogP contribution in [0.15, 0.2) is 255 Å².